The first-order chi connectivity index (χ1) is 9.84. The van der Waals surface area contributed by atoms with Gasteiger partial charge in [0.05, 0.1) is 12.7 Å². The van der Waals surface area contributed by atoms with E-state index in [1.165, 1.54) is 6.33 Å². The van der Waals surface area contributed by atoms with Crippen molar-refractivity contribution < 1.29 is 0 Å². The number of aromatic nitrogens is 7. The number of hydrogen-bond acceptors (Lipinski definition) is 7. The molecule has 3 N–H and O–H groups in total. The smallest absolute Gasteiger partial charge is 0.181 e. The van der Waals surface area contributed by atoms with Crippen LogP contribution < -0.4 is 11.1 Å². The van der Waals surface area contributed by atoms with E-state index >= 15 is 0 Å². The third-order valence-electron chi connectivity index (χ3n) is 2.69. The zero-order valence-electron chi connectivity index (χ0n) is 10.6. The van der Waals surface area contributed by atoms with Gasteiger partial charge in [-0.15, -0.1) is 5.10 Å². The van der Waals surface area contributed by atoms with E-state index in [1.807, 2.05) is 0 Å². The molecule has 0 aromatic carbocycles. The van der Waals surface area contributed by atoms with Crippen LogP contribution in [0.2, 0.25) is 0 Å². The first kappa shape index (κ1) is 12.1. The largest absolute Gasteiger partial charge is 0.393 e. The maximum absolute atomic E-state index is 6.05. The van der Waals surface area contributed by atoms with Crippen molar-refractivity contribution in [2.24, 2.45) is 0 Å². The lowest BCUT2D eigenvalue weighted by Crippen LogP contribution is -2.14. The number of nitrogens with two attached hydrogens (primary N) is 1. The zero-order valence-corrected chi connectivity index (χ0v) is 10.6. The zero-order chi connectivity index (χ0) is 13.8. The Morgan fingerprint density at radius 3 is 2.90 bits per heavy atom. The summed E-state index contributed by atoms with van der Waals surface area (Å²) in [5, 5.41) is 14.9. The average molecular weight is 271 g/mol. The summed E-state index contributed by atoms with van der Waals surface area (Å²) in [7, 11) is 0. The van der Waals surface area contributed by atoms with Crippen molar-refractivity contribution in [1.29, 1.82) is 0 Å². The highest BCUT2D eigenvalue weighted by molar-refractivity contribution is 5.68. The van der Waals surface area contributed by atoms with Crippen LogP contribution in [-0.2, 0) is 6.54 Å². The highest BCUT2D eigenvalue weighted by Crippen LogP contribution is 2.20. The molecule has 3 rings (SSSR count). The molecule has 0 atom stereocenters. The number of hydrogen-bond donors (Lipinski definition) is 2. The summed E-state index contributed by atoms with van der Waals surface area (Å²) in [6.07, 6.45) is 8.32. The highest BCUT2D eigenvalue weighted by Gasteiger charge is 2.09. The van der Waals surface area contributed by atoms with Crippen LogP contribution >= 0.6 is 0 Å². The van der Waals surface area contributed by atoms with Crippen LogP contribution in [-0.4, -0.2) is 41.3 Å². The summed E-state index contributed by atoms with van der Waals surface area (Å²) < 4.78 is 3.32. The maximum atomic E-state index is 6.05. The summed E-state index contributed by atoms with van der Waals surface area (Å²) in [5.74, 6) is 1.12. The molecule has 0 aliphatic rings. The summed E-state index contributed by atoms with van der Waals surface area (Å²) in [6, 6.07) is 1.80. The Labute approximate surface area is 114 Å². The van der Waals surface area contributed by atoms with Gasteiger partial charge in [-0.25, -0.2) is 14.6 Å². The van der Waals surface area contributed by atoms with Crippen molar-refractivity contribution >= 4 is 11.5 Å². The molecular formula is C11H13N9. The summed E-state index contributed by atoms with van der Waals surface area (Å²) in [5.41, 5.74) is 6.50. The SMILES string of the molecule is Nc1c(NCCn2ccnn2)ncnc1-n1cccn1. The molecular weight excluding hydrogens is 258 g/mol. The van der Waals surface area contributed by atoms with Crippen molar-refractivity contribution in [1.82, 2.24) is 34.7 Å². The lowest BCUT2D eigenvalue weighted by molar-refractivity contribution is 0.608. The van der Waals surface area contributed by atoms with Gasteiger partial charge in [0.25, 0.3) is 0 Å². The van der Waals surface area contributed by atoms with E-state index < -0.39 is 0 Å². The van der Waals surface area contributed by atoms with Gasteiger partial charge in [0.2, 0.25) is 0 Å². The lowest BCUT2D eigenvalue weighted by atomic mass is 10.4. The van der Waals surface area contributed by atoms with Gasteiger partial charge in [-0.1, -0.05) is 5.21 Å². The predicted molar refractivity (Wildman–Crippen MR) is 72.1 cm³/mol. The van der Waals surface area contributed by atoms with Crippen LogP contribution in [0.3, 0.4) is 0 Å². The summed E-state index contributed by atoms with van der Waals surface area (Å²) >= 11 is 0. The summed E-state index contributed by atoms with van der Waals surface area (Å²) in [6.45, 7) is 1.30. The standard InChI is InChI=1S/C11H13N9/c12-9-10(13-3-6-19-7-4-16-18-19)14-8-15-11(9)20-5-1-2-17-20/h1-2,4-5,7-8H,3,6,12H2,(H,13,14,15). The molecule has 0 bridgehead atoms. The van der Waals surface area contributed by atoms with E-state index in [9.17, 15) is 0 Å². The van der Waals surface area contributed by atoms with Crippen LogP contribution in [0.15, 0.2) is 37.2 Å². The molecule has 0 aliphatic heterocycles. The molecule has 0 unspecified atom stereocenters. The minimum atomic E-state index is 0.454. The van der Waals surface area contributed by atoms with Crippen molar-refractivity contribution in [3.05, 3.63) is 37.2 Å². The van der Waals surface area contributed by atoms with Gasteiger partial charge >= 0.3 is 0 Å². The number of rotatable bonds is 5. The normalized spacial score (nSPS) is 10.6. The van der Waals surface area contributed by atoms with Gasteiger partial charge in [-0.3, -0.25) is 4.68 Å². The maximum Gasteiger partial charge on any atom is 0.181 e. The molecule has 9 nitrogen and oxygen atoms in total. The van der Waals surface area contributed by atoms with Gasteiger partial charge in [0, 0.05) is 25.1 Å². The van der Waals surface area contributed by atoms with E-state index in [2.05, 4.69) is 30.7 Å². The van der Waals surface area contributed by atoms with Crippen LogP contribution in [0.1, 0.15) is 0 Å². The van der Waals surface area contributed by atoms with Crippen molar-refractivity contribution in [3.63, 3.8) is 0 Å². The number of nitrogens with zero attached hydrogens (tertiary/aromatic N) is 7. The van der Waals surface area contributed by atoms with Crippen molar-refractivity contribution in [2.45, 2.75) is 6.54 Å². The van der Waals surface area contributed by atoms with Gasteiger partial charge in [-0.2, -0.15) is 5.10 Å². The minimum absolute atomic E-state index is 0.454. The molecule has 0 aliphatic carbocycles. The minimum Gasteiger partial charge on any atom is -0.393 e. The quantitative estimate of drug-likeness (QED) is 0.668. The van der Waals surface area contributed by atoms with E-state index in [4.69, 9.17) is 5.73 Å². The molecule has 20 heavy (non-hydrogen) atoms. The molecule has 0 fully saturated rings. The highest BCUT2D eigenvalue weighted by atomic mass is 15.4. The van der Waals surface area contributed by atoms with Gasteiger partial charge < -0.3 is 11.1 Å². The van der Waals surface area contributed by atoms with Crippen molar-refractivity contribution in [2.75, 3.05) is 17.6 Å². The molecule has 0 saturated heterocycles. The second kappa shape index (κ2) is 5.34. The molecule has 9 heteroatoms. The molecule has 102 valence electrons. The Morgan fingerprint density at radius 1 is 1.20 bits per heavy atom. The Balaban J connectivity index is 1.72. The number of nitrogens with one attached hydrogen (secondary N) is 1. The monoisotopic (exact) mass is 271 g/mol. The Bertz CT molecular complexity index is 659. The molecule has 3 aromatic heterocycles. The molecule has 0 spiro atoms. The van der Waals surface area contributed by atoms with Crippen LogP contribution in [0.5, 0.6) is 0 Å². The molecule has 3 heterocycles. The second-order valence-electron chi connectivity index (χ2n) is 4.00. The molecule has 0 amide bonds. The summed E-state index contributed by atoms with van der Waals surface area (Å²) in [4.78, 5) is 8.27. The number of nitrogen functional groups attached to an aromatic ring is 1. The van der Waals surface area contributed by atoms with E-state index in [1.54, 1.807) is 40.2 Å². The van der Waals surface area contributed by atoms with Crippen LogP contribution in [0.4, 0.5) is 11.5 Å². The van der Waals surface area contributed by atoms with Gasteiger partial charge in [0.1, 0.15) is 12.0 Å². The predicted octanol–water partition coefficient (Wildman–Crippen LogP) is -0.0519. The van der Waals surface area contributed by atoms with Crippen molar-refractivity contribution in [3.8, 4) is 5.82 Å². The first-order valence-corrected chi connectivity index (χ1v) is 6.03. The topological polar surface area (TPSA) is 112 Å². The number of anilines is 2. The van der Waals surface area contributed by atoms with E-state index in [0.29, 0.717) is 30.4 Å². The Morgan fingerprint density at radius 2 is 2.15 bits per heavy atom. The van der Waals surface area contributed by atoms with Gasteiger partial charge in [0.15, 0.2) is 11.6 Å². The fraction of sp³-hybridized carbons (Fsp3) is 0.182. The average Bonchev–Trinajstić information content (AvgIpc) is 3.13. The first-order valence-electron chi connectivity index (χ1n) is 6.03. The van der Waals surface area contributed by atoms with E-state index in [0.717, 1.165) is 0 Å². The van der Waals surface area contributed by atoms with Crippen LogP contribution in [0, 0.1) is 0 Å². The molecule has 3 aromatic rings. The Hall–Kier alpha value is -2.97. The van der Waals surface area contributed by atoms with E-state index in [-0.39, 0.29) is 0 Å². The Kier molecular flexibility index (Phi) is 3.23. The fourth-order valence-corrected chi connectivity index (χ4v) is 1.74. The lowest BCUT2D eigenvalue weighted by Gasteiger charge is -2.10. The second-order valence-corrected chi connectivity index (χ2v) is 4.00. The third kappa shape index (κ3) is 2.41. The fourth-order valence-electron chi connectivity index (χ4n) is 1.74. The van der Waals surface area contributed by atoms with Gasteiger partial charge in [-0.05, 0) is 6.07 Å². The van der Waals surface area contributed by atoms with Crippen LogP contribution in [0.25, 0.3) is 5.82 Å². The molecule has 0 radical (unpaired) electrons. The third-order valence-corrected chi connectivity index (χ3v) is 2.69. The molecule has 0 saturated carbocycles.